The summed E-state index contributed by atoms with van der Waals surface area (Å²) in [7, 11) is 0. The number of nitrogens with one attached hydrogen (secondary N) is 2. The summed E-state index contributed by atoms with van der Waals surface area (Å²) in [6, 6.07) is 21.4. The van der Waals surface area contributed by atoms with Crippen molar-refractivity contribution in [2.75, 3.05) is 6.61 Å². The van der Waals surface area contributed by atoms with Crippen LogP contribution in [0.2, 0.25) is 0 Å². The van der Waals surface area contributed by atoms with Gasteiger partial charge in [-0.3, -0.25) is 19.7 Å². The number of fused-ring (bicyclic) bond motifs is 1. The predicted octanol–water partition coefficient (Wildman–Crippen LogP) is 4.35. The fourth-order valence-corrected chi connectivity index (χ4v) is 3.68. The molecule has 0 radical (unpaired) electrons. The topological polar surface area (TPSA) is 114 Å². The fourth-order valence-electron chi connectivity index (χ4n) is 3.68. The van der Waals surface area contributed by atoms with Gasteiger partial charge >= 0.3 is 0 Å². The van der Waals surface area contributed by atoms with Gasteiger partial charge in [0.05, 0.1) is 23.1 Å². The van der Waals surface area contributed by atoms with Gasteiger partial charge in [0, 0.05) is 29.1 Å². The van der Waals surface area contributed by atoms with Gasteiger partial charge in [-0.05, 0) is 36.2 Å². The zero-order valence-corrected chi connectivity index (χ0v) is 17.8. The number of H-pyrrole nitrogens is 1. The van der Waals surface area contributed by atoms with E-state index in [1.165, 1.54) is 18.2 Å². The number of benzene rings is 3. The molecule has 1 atom stereocenters. The Labute approximate surface area is 189 Å². The van der Waals surface area contributed by atoms with Crippen LogP contribution in [0.5, 0.6) is 5.75 Å². The van der Waals surface area contributed by atoms with E-state index in [-0.39, 0.29) is 11.3 Å². The first-order valence-corrected chi connectivity index (χ1v) is 10.4. The minimum atomic E-state index is -0.543. The van der Waals surface area contributed by atoms with Crippen LogP contribution in [0, 0.1) is 10.1 Å². The number of carbonyl (C=O) groups is 1. The highest BCUT2D eigenvalue weighted by atomic mass is 16.6. The Bertz CT molecular complexity index is 1360. The Hall–Kier alpha value is -4.46. The number of pyridine rings is 1. The summed E-state index contributed by atoms with van der Waals surface area (Å²) in [5.74, 6) is 0.196. The van der Waals surface area contributed by atoms with Crippen LogP contribution in [0.15, 0.2) is 83.7 Å². The van der Waals surface area contributed by atoms with E-state index in [1.807, 2.05) is 61.5 Å². The normalized spacial score (nSPS) is 11.7. The van der Waals surface area contributed by atoms with E-state index in [4.69, 9.17) is 4.74 Å². The van der Waals surface area contributed by atoms with Crippen LogP contribution >= 0.6 is 0 Å². The highest BCUT2D eigenvalue weighted by Gasteiger charge is 2.21. The first kappa shape index (κ1) is 21.8. The van der Waals surface area contributed by atoms with Gasteiger partial charge in [-0.2, -0.15) is 0 Å². The molecule has 166 valence electrons. The van der Waals surface area contributed by atoms with Crippen molar-refractivity contribution in [2.45, 2.75) is 13.0 Å². The molecule has 4 aromatic rings. The lowest BCUT2D eigenvalue weighted by Crippen LogP contribution is -2.30. The molecule has 8 nitrogen and oxygen atoms in total. The average Bonchev–Trinajstić information content (AvgIpc) is 2.83. The Balaban J connectivity index is 1.76. The maximum Gasteiger partial charge on any atom is 0.270 e. The summed E-state index contributed by atoms with van der Waals surface area (Å²) in [5, 5.41) is 14.5. The average molecular weight is 443 g/mol. The van der Waals surface area contributed by atoms with Crippen molar-refractivity contribution in [3.63, 3.8) is 0 Å². The van der Waals surface area contributed by atoms with Crippen LogP contribution in [0.3, 0.4) is 0 Å². The van der Waals surface area contributed by atoms with Crippen molar-refractivity contribution in [3.8, 4) is 5.75 Å². The number of hydrogen-bond donors (Lipinski definition) is 2. The lowest BCUT2D eigenvalue weighted by atomic mass is 9.97. The third-order valence-corrected chi connectivity index (χ3v) is 5.21. The minimum absolute atomic E-state index is 0.0596. The van der Waals surface area contributed by atoms with E-state index >= 15 is 0 Å². The monoisotopic (exact) mass is 443 g/mol. The lowest BCUT2D eigenvalue weighted by Gasteiger charge is -2.21. The summed E-state index contributed by atoms with van der Waals surface area (Å²) in [4.78, 5) is 38.8. The summed E-state index contributed by atoms with van der Waals surface area (Å²) in [5.41, 5.74) is 1.42. The molecule has 2 N–H and O–H groups in total. The van der Waals surface area contributed by atoms with Crippen molar-refractivity contribution >= 4 is 22.5 Å². The molecule has 1 unspecified atom stereocenters. The van der Waals surface area contributed by atoms with Crippen LogP contribution in [0.25, 0.3) is 10.9 Å². The van der Waals surface area contributed by atoms with Crippen LogP contribution in [0.1, 0.15) is 34.5 Å². The summed E-state index contributed by atoms with van der Waals surface area (Å²) in [6.07, 6.45) is 0. The number of aromatic nitrogens is 1. The molecule has 0 saturated carbocycles. The Morgan fingerprint density at radius 3 is 2.39 bits per heavy atom. The molecule has 0 fully saturated rings. The second-order valence-electron chi connectivity index (χ2n) is 7.35. The van der Waals surface area contributed by atoms with Crippen molar-refractivity contribution in [1.82, 2.24) is 10.3 Å². The molecular weight excluding hydrogens is 422 g/mol. The largest absolute Gasteiger partial charge is 0.494 e. The quantitative estimate of drug-likeness (QED) is 0.325. The van der Waals surface area contributed by atoms with Gasteiger partial charge in [-0.25, -0.2) is 0 Å². The molecule has 33 heavy (non-hydrogen) atoms. The third-order valence-electron chi connectivity index (χ3n) is 5.21. The predicted molar refractivity (Wildman–Crippen MR) is 125 cm³/mol. The van der Waals surface area contributed by atoms with E-state index in [9.17, 15) is 19.7 Å². The lowest BCUT2D eigenvalue weighted by molar-refractivity contribution is -0.384. The number of nitrogens with zero attached hydrogens (tertiary/aromatic N) is 1. The highest BCUT2D eigenvalue weighted by Crippen LogP contribution is 2.26. The van der Waals surface area contributed by atoms with Gasteiger partial charge in [0.25, 0.3) is 11.6 Å². The molecule has 0 aliphatic heterocycles. The Morgan fingerprint density at radius 1 is 1.03 bits per heavy atom. The van der Waals surface area contributed by atoms with Gasteiger partial charge in [-0.15, -0.1) is 0 Å². The third kappa shape index (κ3) is 4.74. The molecule has 3 aromatic carbocycles. The summed E-state index contributed by atoms with van der Waals surface area (Å²) < 4.78 is 5.51. The van der Waals surface area contributed by atoms with Crippen molar-refractivity contribution in [2.24, 2.45) is 0 Å². The molecule has 8 heteroatoms. The number of amides is 1. The maximum absolute atomic E-state index is 13.4. The van der Waals surface area contributed by atoms with Gasteiger partial charge < -0.3 is 15.0 Å². The van der Waals surface area contributed by atoms with Crippen molar-refractivity contribution < 1.29 is 14.5 Å². The van der Waals surface area contributed by atoms with Gasteiger partial charge in [-0.1, -0.05) is 42.5 Å². The second kappa shape index (κ2) is 9.35. The number of rotatable bonds is 7. The van der Waals surface area contributed by atoms with E-state index < -0.39 is 22.4 Å². The second-order valence-corrected chi connectivity index (χ2v) is 7.35. The van der Waals surface area contributed by atoms with E-state index in [2.05, 4.69) is 10.3 Å². The highest BCUT2D eigenvalue weighted by molar-refractivity contribution is 6.06. The fraction of sp³-hybridized carbons (Fsp3) is 0.120. The number of ether oxygens (including phenoxy) is 1. The van der Waals surface area contributed by atoms with Gasteiger partial charge in [0.2, 0.25) is 5.56 Å². The number of carbonyl (C=O) groups excluding carboxylic acids is 1. The smallest absolute Gasteiger partial charge is 0.270 e. The Kier molecular flexibility index (Phi) is 6.17. The molecule has 0 saturated heterocycles. The zero-order chi connectivity index (χ0) is 23.4. The number of nitro groups is 1. The number of nitro benzene ring substituents is 1. The molecule has 0 spiro atoms. The number of aromatic amines is 1. The van der Waals surface area contributed by atoms with E-state index in [0.29, 0.717) is 23.3 Å². The molecule has 1 heterocycles. The van der Waals surface area contributed by atoms with Crippen molar-refractivity contribution in [3.05, 3.63) is 116 Å². The summed E-state index contributed by atoms with van der Waals surface area (Å²) >= 11 is 0. The van der Waals surface area contributed by atoms with Crippen LogP contribution < -0.4 is 15.6 Å². The number of non-ortho nitro benzene ring substituents is 1. The van der Waals surface area contributed by atoms with E-state index in [0.717, 1.165) is 17.2 Å². The molecule has 1 aromatic heterocycles. The van der Waals surface area contributed by atoms with Crippen LogP contribution in [-0.2, 0) is 0 Å². The van der Waals surface area contributed by atoms with Crippen LogP contribution in [-0.4, -0.2) is 22.4 Å². The van der Waals surface area contributed by atoms with Gasteiger partial charge in [0.1, 0.15) is 5.75 Å². The van der Waals surface area contributed by atoms with Crippen LogP contribution in [0.4, 0.5) is 5.69 Å². The molecular formula is C25H21N3O5. The van der Waals surface area contributed by atoms with E-state index in [1.54, 1.807) is 0 Å². The number of hydrogen-bond acceptors (Lipinski definition) is 5. The molecule has 0 aliphatic rings. The first-order valence-electron chi connectivity index (χ1n) is 10.4. The van der Waals surface area contributed by atoms with Crippen molar-refractivity contribution in [1.29, 1.82) is 0 Å². The Morgan fingerprint density at radius 2 is 1.73 bits per heavy atom. The first-order chi connectivity index (χ1) is 16.0. The van der Waals surface area contributed by atoms with Gasteiger partial charge in [0.15, 0.2) is 0 Å². The maximum atomic E-state index is 13.4. The standard InChI is InChI=1S/C25H21N3O5/c1-2-33-19-11-8-17(9-12-19)24(16-6-4-3-5-7-16)27-25(30)21-15-23(29)26-22-13-10-18(28(31)32)14-20(21)22/h3-15,24H,2H2,1H3,(H,26,29)(H,27,30). The molecule has 4 rings (SSSR count). The SMILES string of the molecule is CCOc1ccc(C(NC(=O)c2cc(=O)[nH]c3ccc([N+](=O)[O-])cc23)c2ccccc2)cc1. The minimum Gasteiger partial charge on any atom is -0.494 e. The summed E-state index contributed by atoms with van der Waals surface area (Å²) in [6.45, 7) is 2.44. The molecule has 0 aliphatic carbocycles. The molecule has 0 bridgehead atoms. The molecule has 1 amide bonds. The zero-order valence-electron chi connectivity index (χ0n) is 17.8.